The zero-order valence-corrected chi connectivity index (χ0v) is 14.2. The van der Waals surface area contributed by atoms with E-state index in [1.165, 1.54) is 0 Å². The molecule has 1 amide bonds. The minimum Gasteiger partial charge on any atom is -0.377 e. The second-order valence-corrected chi connectivity index (χ2v) is 6.98. The Morgan fingerprint density at radius 3 is 2.56 bits per heavy atom. The molecule has 1 aromatic carbocycles. The van der Waals surface area contributed by atoms with E-state index in [2.05, 4.69) is 15.5 Å². The van der Waals surface area contributed by atoms with E-state index >= 15 is 0 Å². The number of rotatable bonds is 3. The molecule has 7 nitrogen and oxygen atoms in total. The normalized spacial score (nSPS) is 24.7. The van der Waals surface area contributed by atoms with Crippen molar-refractivity contribution >= 4 is 5.91 Å². The number of amides is 1. The number of halogens is 3. The molecule has 0 spiro atoms. The van der Waals surface area contributed by atoms with E-state index in [1.54, 1.807) is 30.3 Å². The highest BCUT2D eigenvalue weighted by molar-refractivity contribution is 5.87. The third-order valence-electron chi connectivity index (χ3n) is 5.20. The van der Waals surface area contributed by atoms with Crippen LogP contribution < -0.4 is 5.32 Å². The van der Waals surface area contributed by atoms with E-state index in [1.807, 2.05) is 0 Å². The summed E-state index contributed by atoms with van der Waals surface area (Å²) < 4.78 is 47.0. The fraction of sp³-hybridized carbons (Fsp3) is 0.471. The van der Waals surface area contributed by atoms with Crippen molar-refractivity contribution in [2.24, 2.45) is 0 Å². The number of nitrogens with one attached hydrogen (secondary N) is 1. The molecule has 1 aromatic heterocycles. The highest BCUT2D eigenvalue weighted by atomic mass is 19.4. The molecule has 0 saturated carbocycles. The maximum atomic E-state index is 14.0. The summed E-state index contributed by atoms with van der Waals surface area (Å²) in [6.07, 6.45) is -5.09. The molecule has 1 unspecified atom stereocenters. The van der Waals surface area contributed by atoms with Crippen LogP contribution in [-0.4, -0.2) is 64.0 Å². The van der Waals surface area contributed by atoms with Gasteiger partial charge < -0.3 is 19.8 Å². The zero-order valence-electron chi connectivity index (χ0n) is 14.2. The van der Waals surface area contributed by atoms with Crippen LogP contribution in [0.1, 0.15) is 12.3 Å². The number of aliphatic hydroxyl groups is 1. The van der Waals surface area contributed by atoms with Crippen LogP contribution in [0.25, 0.3) is 11.4 Å². The maximum Gasteiger partial charge on any atom is 0.405 e. The summed E-state index contributed by atoms with van der Waals surface area (Å²) in [5, 5.41) is 16.6. The van der Waals surface area contributed by atoms with Crippen molar-refractivity contribution < 1.29 is 27.6 Å². The second-order valence-electron chi connectivity index (χ2n) is 6.98. The number of alkyl halides is 3. The van der Waals surface area contributed by atoms with E-state index in [0.717, 1.165) is 4.90 Å². The van der Waals surface area contributed by atoms with Crippen molar-refractivity contribution in [3.63, 3.8) is 0 Å². The number of hydrogen-bond donors (Lipinski definition) is 2. The van der Waals surface area contributed by atoms with Crippen molar-refractivity contribution in [1.29, 1.82) is 0 Å². The number of nitrogens with zero attached hydrogens (tertiary/aromatic N) is 3. The van der Waals surface area contributed by atoms with Crippen molar-refractivity contribution in [2.45, 2.75) is 23.6 Å². The lowest BCUT2D eigenvalue weighted by molar-refractivity contribution is -0.195. The van der Waals surface area contributed by atoms with Crippen molar-refractivity contribution in [2.75, 3.05) is 26.2 Å². The molecule has 2 aliphatic rings. The SMILES string of the molecule is O=C(N1CCC(c2nc(-c3ccccc3)no2)(C(F)(F)F)C1)C1(O)CNC1. The first-order chi connectivity index (χ1) is 12.8. The molecule has 1 atom stereocenters. The van der Waals surface area contributed by atoms with Crippen molar-refractivity contribution in [3.05, 3.63) is 36.2 Å². The molecule has 2 aliphatic heterocycles. The van der Waals surface area contributed by atoms with Crippen LogP contribution in [0.5, 0.6) is 0 Å². The number of carbonyl (C=O) groups is 1. The van der Waals surface area contributed by atoms with Crippen LogP contribution in [0, 0.1) is 0 Å². The topological polar surface area (TPSA) is 91.5 Å². The number of benzene rings is 1. The molecule has 2 aromatic rings. The van der Waals surface area contributed by atoms with Gasteiger partial charge in [-0.25, -0.2) is 0 Å². The summed E-state index contributed by atoms with van der Waals surface area (Å²) in [5.74, 6) is -1.22. The lowest BCUT2D eigenvalue weighted by Crippen LogP contribution is -2.67. The van der Waals surface area contributed by atoms with Crippen LogP contribution in [0.2, 0.25) is 0 Å². The molecule has 144 valence electrons. The minimum atomic E-state index is -4.69. The number of hydrogen-bond acceptors (Lipinski definition) is 6. The Bertz CT molecular complexity index is 851. The Morgan fingerprint density at radius 1 is 1.26 bits per heavy atom. The first kappa shape index (κ1) is 17.9. The van der Waals surface area contributed by atoms with Gasteiger partial charge in [0.15, 0.2) is 11.0 Å². The largest absolute Gasteiger partial charge is 0.405 e. The number of aromatic nitrogens is 2. The number of likely N-dealkylation sites (tertiary alicyclic amines) is 1. The van der Waals surface area contributed by atoms with E-state index < -0.39 is 42.0 Å². The molecule has 2 saturated heterocycles. The molecule has 2 fully saturated rings. The van der Waals surface area contributed by atoms with Crippen LogP contribution >= 0.6 is 0 Å². The summed E-state index contributed by atoms with van der Waals surface area (Å²) in [7, 11) is 0. The Balaban J connectivity index is 1.65. The first-order valence-corrected chi connectivity index (χ1v) is 8.44. The van der Waals surface area contributed by atoms with Gasteiger partial charge in [-0.15, -0.1) is 0 Å². The molecular formula is C17H17F3N4O3. The van der Waals surface area contributed by atoms with Gasteiger partial charge in [0, 0.05) is 31.7 Å². The smallest absolute Gasteiger partial charge is 0.377 e. The molecule has 0 bridgehead atoms. The summed E-state index contributed by atoms with van der Waals surface area (Å²) in [4.78, 5) is 17.4. The average Bonchev–Trinajstić information content (AvgIpc) is 3.27. The van der Waals surface area contributed by atoms with Gasteiger partial charge in [-0.05, 0) is 6.42 Å². The zero-order chi connectivity index (χ0) is 19.3. The summed E-state index contributed by atoms with van der Waals surface area (Å²) in [6, 6.07) is 8.53. The number of β-amino-alcohol motifs (C(OH)–C–C–N with tert-alkyl or cyclic N) is 1. The second kappa shape index (κ2) is 6.03. The predicted molar refractivity (Wildman–Crippen MR) is 86.5 cm³/mol. The quantitative estimate of drug-likeness (QED) is 0.826. The molecule has 3 heterocycles. The van der Waals surface area contributed by atoms with Crippen LogP contribution in [0.4, 0.5) is 13.2 Å². The fourth-order valence-corrected chi connectivity index (χ4v) is 3.44. The molecule has 0 aliphatic carbocycles. The standard InChI is InChI=1S/C17H17F3N4O3/c18-17(19,20)15(6-7-24(10-15)14(25)16(26)8-21-9-16)13-22-12(23-27-13)11-4-2-1-3-5-11/h1-5,21,26H,6-10H2. The van der Waals surface area contributed by atoms with Gasteiger partial charge >= 0.3 is 6.18 Å². The predicted octanol–water partition coefficient (Wildman–Crippen LogP) is 1.10. The van der Waals surface area contributed by atoms with Crippen molar-refractivity contribution in [3.8, 4) is 11.4 Å². The Kier molecular flexibility index (Phi) is 4.00. The lowest BCUT2D eigenvalue weighted by Gasteiger charge is -2.39. The lowest BCUT2D eigenvalue weighted by atomic mass is 9.86. The van der Waals surface area contributed by atoms with Crippen LogP contribution in [0.3, 0.4) is 0 Å². The van der Waals surface area contributed by atoms with Gasteiger partial charge in [0.1, 0.15) is 0 Å². The monoisotopic (exact) mass is 382 g/mol. The van der Waals surface area contributed by atoms with E-state index in [0.29, 0.717) is 5.56 Å². The van der Waals surface area contributed by atoms with Crippen LogP contribution in [0.15, 0.2) is 34.9 Å². The summed E-state index contributed by atoms with van der Waals surface area (Å²) >= 11 is 0. The third-order valence-corrected chi connectivity index (χ3v) is 5.20. The van der Waals surface area contributed by atoms with E-state index in [9.17, 15) is 23.1 Å². The molecule has 10 heteroatoms. The average molecular weight is 382 g/mol. The molecule has 4 rings (SSSR count). The highest BCUT2D eigenvalue weighted by Gasteiger charge is 2.64. The fourth-order valence-electron chi connectivity index (χ4n) is 3.44. The van der Waals surface area contributed by atoms with Gasteiger partial charge in [-0.3, -0.25) is 4.79 Å². The van der Waals surface area contributed by atoms with Crippen LogP contribution in [-0.2, 0) is 10.2 Å². The summed E-state index contributed by atoms with van der Waals surface area (Å²) in [6.45, 7) is -0.752. The third kappa shape index (κ3) is 2.79. The molecular weight excluding hydrogens is 365 g/mol. The van der Waals surface area contributed by atoms with Gasteiger partial charge in [-0.1, -0.05) is 35.5 Å². The molecule has 0 radical (unpaired) electrons. The van der Waals surface area contributed by atoms with E-state index in [4.69, 9.17) is 4.52 Å². The summed E-state index contributed by atoms with van der Waals surface area (Å²) in [5.41, 5.74) is -3.56. The molecule has 27 heavy (non-hydrogen) atoms. The van der Waals surface area contributed by atoms with Gasteiger partial charge in [0.25, 0.3) is 5.91 Å². The Hall–Kier alpha value is -2.46. The first-order valence-electron chi connectivity index (χ1n) is 8.44. The molecule has 2 N–H and O–H groups in total. The maximum absolute atomic E-state index is 14.0. The number of carbonyl (C=O) groups excluding carboxylic acids is 1. The highest BCUT2D eigenvalue weighted by Crippen LogP contribution is 2.47. The van der Waals surface area contributed by atoms with Crippen molar-refractivity contribution in [1.82, 2.24) is 20.4 Å². The van der Waals surface area contributed by atoms with Gasteiger partial charge in [-0.2, -0.15) is 18.2 Å². The minimum absolute atomic E-state index is 0.0278. The van der Waals surface area contributed by atoms with E-state index in [-0.39, 0.29) is 25.5 Å². The Morgan fingerprint density at radius 2 is 1.96 bits per heavy atom. The van der Waals surface area contributed by atoms with Gasteiger partial charge in [0.2, 0.25) is 11.7 Å². The van der Waals surface area contributed by atoms with Gasteiger partial charge in [0.05, 0.1) is 0 Å². The Labute approximate surface area is 152 Å².